The van der Waals surface area contributed by atoms with Crippen LogP contribution in [0.5, 0.6) is 5.75 Å². The number of alkyl halides is 4. The van der Waals surface area contributed by atoms with Crippen LogP contribution in [0, 0.1) is 0 Å². The predicted molar refractivity (Wildman–Crippen MR) is 77.3 cm³/mol. The lowest BCUT2D eigenvalue weighted by atomic mass is 10.3. The monoisotopic (exact) mass is 346 g/mol. The molecule has 0 bridgehead atoms. The molecule has 0 atom stereocenters. The molecule has 0 fully saturated rings. The van der Waals surface area contributed by atoms with E-state index in [-0.39, 0.29) is 30.2 Å². The fraction of sp³-hybridized carbons (Fsp3) is 0.286. The normalized spacial score (nSPS) is 10.9. The van der Waals surface area contributed by atoms with Gasteiger partial charge < -0.3 is 15.4 Å². The van der Waals surface area contributed by atoms with E-state index in [0.717, 1.165) is 6.20 Å². The first-order chi connectivity index (χ1) is 11.5. The van der Waals surface area contributed by atoms with Crippen LogP contribution in [0.2, 0.25) is 0 Å². The van der Waals surface area contributed by atoms with Crippen molar-refractivity contribution in [2.75, 3.05) is 11.9 Å². The number of rotatable bonds is 7. The molecule has 0 unspecified atom stereocenters. The van der Waals surface area contributed by atoms with Gasteiger partial charge in [-0.3, -0.25) is 4.57 Å². The Morgan fingerprint density at radius 1 is 1.25 bits per heavy atom. The number of halogens is 4. The number of benzene rings is 1. The van der Waals surface area contributed by atoms with Gasteiger partial charge in [-0.15, -0.1) is 0 Å². The average molecular weight is 346 g/mol. The number of carbonyl (C=O) groups excluding carboxylic acids is 1. The number of nitrogens with zero attached hydrogens (tertiary/aromatic N) is 2. The second-order valence-electron chi connectivity index (χ2n) is 4.53. The Labute approximate surface area is 134 Å². The van der Waals surface area contributed by atoms with Crippen molar-refractivity contribution in [3.8, 4) is 5.75 Å². The van der Waals surface area contributed by atoms with Crippen molar-refractivity contribution in [1.82, 2.24) is 14.9 Å². The molecule has 0 spiro atoms. The van der Waals surface area contributed by atoms with Gasteiger partial charge in [0.05, 0.1) is 5.69 Å². The van der Waals surface area contributed by atoms with E-state index in [1.165, 1.54) is 30.5 Å². The zero-order chi connectivity index (χ0) is 17.5. The number of amides is 2. The van der Waals surface area contributed by atoms with E-state index in [1.54, 1.807) is 0 Å². The van der Waals surface area contributed by atoms with Crippen LogP contribution in [0.1, 0.15) is 12.4 Å². The first-order valence-corrected chi connectivity index (χ1v) is 6.86. The topological polar surface area (TPSA) is 68.2 Å². The summed E-state index contributed by atoms with van der Waals surface area (Å²) in [5, 5.41) is 4.77. The van der Waals surface area contributed by atoms with Crippen molar-refractivity contribution >= 4 is 11.7 Å². The number of hydrogen-bond acceptors (Lipinski definition) is 3. The van der Waals surface area contributed by atoms with Crippen LogP contribution in [0.4, 0.5) is 28.0 Å². The maximum atomic E-state index is 12.6. The van der Waals surface area contributed by atoms with Gasteiger partial charge in [0.2, 0.25) is 0 Å². The molecule has 24 heavy (non-hydrogen) atoms. The first-order valence-electron chi connectivity index (χ1n) is 6.86. The highest BCUT2D eigenvalue weighted by atomic mass is 19.3. The van der Waals surface area contributed by atoms with Crippen LogP contribution in [0.15, 0.2) is 36.7 Å². The van der Waals surface area contributed by atoms with Crippen LogP contribution in [0.3, 0.4) is 0 Å². The third-order valence-corrected chi connectivity index (χ3v) is 2.94. The number of imidazole rings is 1. The lowest BCUT2D eigenvalue weighted by Gasteiger charge is -2.12. The van der Waals surface area contributed by atoms with Gasteiger partial charge >= 0.3 is 19.2 Å². The highest BCUT2D eigenvalue weighted by molar-refractivity contribution is 5.90. The van der Waals surface area contributed by atoms with Crippen LogP contribution in [-0.2, 0) is 6.42 Å². The van der Waals surface area contributed by atoms with E-state index in [0.29, 0.717) is 4.57 Å². The Kier molecular flexibility index (Phi) is 5.99. The molecule has 2 amide bonds. The second-order valence-corrected chi connectivity index (χ2v) is 4.53. The first kappa shape index (κ1) is 17.6. The minimum Gasteiger partial charge on any atom is -0.433 e. The van der Waals surface area contributed by atoms with Crippen LogP contribution in [0.25, 0.3) is 0 Å². The van der Waals surface area contributed by atoms with Gasteiger partial charge in [-0.2, -0.15) is 17.6 Å². The summed E-state index contributed by atoms with van der Waals surface area (Å²) in [6, 6.07) is 5.00. The lowest BCUT2D eigenvalue weighted by Crippen LogP contribution is -2.31. The number of carbonyl (C=O) groups is 1. The molecule has 0 aliphatic rings. The van der Waals surface area contributed by atoms with E-state index in [1.807, 2.05) is 0 Å². The highest BCUT2D eigenvalue weighted by Gasteiger charge is 2.13. The van der Waals surface area contributed by atoms with E-state index in [2.05, 4.69) is 20.4 Å². The maximum absolute atomic E-state index is 12.6. The zero-order valence-electron chi connectivity index (χ0n) is 12.3. The van der Waals surface area contributed by atoms with E-state index < -0.39 is 19.2 Å². The average Bonchev–Trinajstić information content (AvgIpc) is 2.97. The molecule has 130 valence electrons. The molecule has 2 N–H and O–H groups in total. The molecule has 1 aromatic heterocycles. The number of anilines is 1. The summed E-state index contributed by atoms with van der Waals surface area (Å²) in [6.07, 6.45) is 2.46. The van der Waals surface area contributed by atoms with Crippen molar-refractivity contribution in [2.45, 2.75) is 19.6 Å². The highest BCUT2D eigenvalue weighted by Crippen LogP contribution is 2.25. The molecule has 0 saturated carbocycles. The number of urea groups is 1. The summed E-state index contributed by atoms with van der Waals surface area (Å²) in [7, 11) is 0. The third kappa shape index (κ3) is 4.86. The molecular formula is C14H14F4N4O2. The minimum absolute atomic E-state index is 0.0352. The standard InChI is InChI=1S/C14H14F4N4O2/c15-12(16)22-8-7-19-11(22)5-6-20-14(23)21-9-3-1-2-4-10(9)24-13(17)18/h1-4,7-8,12-13H,5-6H2,(H2,20,21,23). The number of para-hydroxylation sites is 2. The summed E-state index contributed by atoms with van der Waals surface area (Å²) in [5.74, 6) is -0.0670. The molecule has 0 radical (unpaired) electrons. The molecule has 0 aliphatic heterocycles. The molecule has 2 aromatic rings. The van der Waals surface area contributed by atoms with Gasteiger partial charge in [0.1, 0.15) is 11.6 Å². The van der Waals surface area contributed by atoms with Gasteiger partial charge in [-0.1, -0.05) is 12.1 Å². The lowest BCUT2D eigenvalue weighted by molar-refractivity contribution is -0.0493. The molecule has 1 heterocycles. The van der Waals surface area contributed by atoms with Gasteiger partial charge in [0, 0.05) is 25.4 Å². The minimum atomic E-state index is -3.02. The van der Waals surface area contributed by atoms with E-state index >= 15 is 0 Å². The predicted octanol–water partition coefficient (Wildman–Crippen LogP) is 3.24. The molecular weight excluding hydrogens is 332 g/mol. The van der Waals surface area contributed by atoms with E-state index in [4.69, 9.17) is 0 Å². The Morgan fingerprint density at radius 2 is 2.00 bits per heavy atom. The number of aromatic nitrogens is 2. The van der Waals surface area contributed by atoms with E-state index in [9.17, 15) is 22.4 Å². The zero-order valence-corrected chi connectivity index (χ0v) is 12.3. The quantitative estimate of drug-likeness (QED) is 0.756. The van der Waals surface area contributed by atoms with Gasteiger partial charge in [0.15, 0.2) is 0 Å². The molecule has 0 aliphatic carbocycles. The van der Waals surface area contributed by atoms with Crippen molar-refractivity contribution in [3.05, 3.63) is 42.5 Å². The largest absolute Gasteiger partial charge is 0.433 e. The smallest absolute Gasteiger partial charge is 0.387 e. The number of ether oxygens (including phenoxy) is 1. The molecule has 10 heteroatoms. The van der Waals surface area contributed by atoms with Crippen molar-refractivity contribution in [2.24, 2.45) is 0 Å². The molecule has 1 aromatic carbocycles. The molecule has 0 saturated heterocycles. The summed E-state index contributed by atoms with van der Waals surface area (Å²) < 4.78 is 54.8. The number of nitrogens with one attached hydrogen (secondary N) is 2. The SMILES string of the molecule is O=C(NCCc1nccn1C(F)F)Nc1ccccc1OC(F)F. The Bertz CT molecular complexity index is 678. The van der Waals surface area contributed by atoms with Gasteiger partial charge in [-0.25, -0.2) is 9.78 Å². The fourth-order valence-corrected chi connectivity index (χ4v) is 1.94. The Morgan fingerprint density at radius 3 is 2.71 bits per heavy atom. The van der Waals surface area contributed by atoms with Crippen LogP contribution < -0.4 is 15.4 Å². The van der Waals surface area contributed by atoms with Crippen molar-refractivity contribution in [1.29, 1.82) is 0 Å². The molecule has 6 nitrogen and oxygen atoms in total. The van der Waals surface area contributed by atoms with Gasteiger partial charge in [0.25, 0.3) is 0 Å². The van der Waals surface area contributed by atoms with Crippen LogP contribution >= 0.6 is 0 Å². The molecule has 2 rings (SSSR count). The summed E-state index contributed by atoms with van der Waals surface area (Å²) >= 11 is 0. The summed E-state index contributed by atoms with van der Waals surface area (Å²) in [6.45, 7) is -5.70. The number of hydrogen-bond donors (Lipinski definition) is 2. The Balaban J connectivity index is 1.87. The van der Waals surface area contributed by atoms with Crippen molar-refractivity contribution < 1.29 is 27.1 Å². The van der Waals surface area contributed by atoms with Crippen LogP contribution in [-0.4, -0.2) is 28.7 Å². The Hall–Kier alpha value is -2.78. The van der Waals surface area contributed by atoms with Crippen molar-refractivity contribution in [3.63, 3.8) is 0 Å². The fourth-order valence-electron chi connectivity index (χ4n) is 1.94. The second kappa shape index (κ2) is 8.18. The van der Waals surface area contributed by atoms with Gasteiger partial charge in [-0.05, 0) is 12.1 Å². The summed E-state index contributed by atoms with van der Waals surface area (Å²) in [5.41, 5.74) is 0.0596. The summed E-state index contributed by atoms with van der Waals surface area (Å²) in [4.78, 5) is 15.5. The third-order valence-electron chi connectivity index (χ3n) is 2.94. The maximum Gasteiger partial charge on any atom is 0.387 e.